The number of carbonyl (C=O) groups excluding carboxylic acids is 1. The summed E-state index contributed by atoms with van der Waals surface area (Å²) in [7, 11) is 0. The smallest absolute Gasteiger partial charge is 0.276 e. The van der Waals surface area contributed by atoms with Crippen LogP contribution in [-0.4, -0.2) is 33.1 Å². The number of nitrogens with one attached hydrogen (secondary N) is 2. The van der Waals surface area contributed by atoms with E-state index in [0.29, 0.717) is 23.2 Å². The fraction of sp³-hybridized carbons (Fsp3) is 0.0769. The number of pyridine rings is 1. The molecule has 0 fully saturated rings. The van der Waals surface area contributed by atoms with Crippen molar-refractivity contribution in [2.45, 2.75) is 13.5 Å². The number of aromatic nitrogens is 1. The SMILES string of the molecule is CCn1cc(C(=O)N/N=C/c2ccccc2O)c(=O)c2cc(F)c(N/N=C/c3ccccc3O)cc21. The van der Waals surface area contributed by atoms with E-state index < -0.39 is 17.2 Å². The maximum atomic E-state index is 14.8. The number of hydrogen-bond acceptors (Lipinski definition) is 7. The third-order valence-electron chi connectivity index (χ3n) is 5.39. The fourth-order valence-corrected chi connectivity index (χ4v) is 3.50. The molecule has 0 unspecified atom stereocenters. The first kappa shape index (κ1) is 24.1. The van der Waals surface area contributed by atoms with Gasteiger partial charge in [0.1, 0.15) is 22.9 Å². The number of phenolic OH excluding ortho intramolecular Hbond substituents is 2. The quantitative estimate of drug-likeness (QED) is 0.233. The van der Waals surface area contributed by atoms with Crippen LogP contribution in [0.3, 0.4) is 0 Å². The molecule has 36 heavy (non-hydrogen) atoms. The number of nitrogens with zero attached hydrogens (tertiary/aromatic N) is 3. The Labute approximate surface area is 204 Å². The van der Waals surface area contributed by atoms with Gasteiger partial charge in [0, 0.05) is 29.3 Å². The van der Waals surface area contributed by atoms with Gasteiger partial charge in [-0.05, 0) is 43.3 Å². The number of amides is 1. The number of para-hydroxylation sites is 2. The number of halogens is 1. The lowest BCUT2D eigenvalue weighted by molar-refractivity contribution is 0.0953. The summed E-state index contributed by atoms with van der Waals surface area (Å²) in [4.78, 5) is 25.7. The average Bonchev–Trinajstić information content (AvgIpc) is 2.87. The molecule has 182 valence electrons. The van der Waals surface area contributed by atoms with Crippen LogP contribution in [0.2, 0.25) is 0 Å². The number of anilines is 1. The van der Waals surface area contributed by atoms with Gasteiger partial charge in [-0.3, -0.25) is 15.0 Å². The minimum Gasteiger partial charge on any atom is -0.507 e. The van der Waals surface area contributed by atoms with Gasteiger partial charge in [-0.25, -0.2) is 9.82 Å². The number of hydrogen-bond donors (Lipinski definition) is 4. The van der Waals surface area contributed by atoms with Crippen LogP contribution in [0.15, 0.2) is 81.9 Å². The van der Waals surface area contributed by atoms with Crippen LogP contribution in [0.25, 0.3) is 10.9 Å². The Morgan fingerprint density at radius 2 is 1.61 bits per heavy atom. The molecule has 0 aliphatic rings. The highest BCUT2D eigenvalue weighted by molar-refractivity contribution is 5.98. The molecule has 3 aromatic carbocycles. The zero-order valence-electron chi connectivity index (χ0n) is 19.1. The van der Waals surface area contributed by atoms with Crippen molar-refractivity contribution in [3.05, 3.63) is 99.6 Å². The van der Waals surface area contributed by atoms with Gasteiger partial charge < -0.3 is 14.8 Å². The zero-order chi connectivity index (χ0) is 25.7. The second-order valence-electron chi connectivity index (χ2n) is 7.69. The third kappa shape index (κ3) is 5.07. The fourth-order valence-electron chi connectivity index (χ4n) is 3.50. The first-order valence-electron chi connectivity index (χ1n) is 10.9. The molecular formula is C26H22FN5O4. The predicted octanol–water partition coefficient (Wildman–Crippen LogP) is 3.78. The summed E-state index contributed by atoms with van der Waals surface area (Å²) in [5, 5.41) is 27.4. The van der Waals surface area contributed by atoms with Crippen molar-refractivity contribution in [2.24, 2.45) is 10.2 Å². The average molecular weight is 487 g/mol. The minimum atomic E-state index is -0.773. The zero-order valence-corrected chi connectivity index (χ0v) is 19.1. The van der Waals surface area contributed by atoms with E-state index in [1.165, 1.54) is 36.8 Å². The topological polar surface area (TPSA) is 128 Å². The van der Waals surface area contributed by atoms with Gasteiger partial charge in [0.15, 0.2) is 0 Å². The predicted molar refractivity (Wildman–Crippen MR) is 136 cm³/mol. The maximum Gasteiger partial charge on any atom is 0.276 e. The monoisotopic (exact) mass is 487 g/mol. The Bertz CT molecular complexity index is 1560. The summed E-state index contributed by atoms with van der Waals surface area (Å²) in [6.07, 6.45) is 3.97. The Hall–Kier alpha value is -4.99. The van der Waals surface area contributed by atoms with Gasteiger partial charge in [0.05, 0.1) is 23.6 Å². The number of aryl methyl sites for hydroxylation is 1. The lowest BCUT2D eigenvalue weighted by atomic mass is 10.1. The number of aromatic hydroxyl groups is 2. The second kappa shape index (κ2) is 10.5. The van der Waals surface area contributed by atoms with Gasteiger partial charge in [-0.2, -0.15) is 10.2 Å². The number of hydrazone groups is 2. The van der Waals surface area contributed by atoms with Crippen molar-refractivity contribution < 1.29 is 19.4 Å². The highest BCUT2D eigenvalue weighted by Gasteiger charge is 2.17. The van der Waals surface area contributed by atoms with Crippen molar-refractivity contribution in [1.82, 2.24) is 9.99 Å². The summed E-state index contributed by atoms with van der Waals surface area (Å²) >= 11 is 0. The molecule has 4 N–H and O–H groups in total. The van der Waals surface area contributed by atoms with E-state index in [4.69, 9.17) is 0 Å². The summed E-state index contributed by atoms with van der Waals surface area (Å²) in [6, 6.07) is 15.4. The third-order valence-corrected chi connectivity index (χ3v) is 5.39. The van der Waals surface area contributed by atoms with E-state index >= 15 is 0 Å². The van der Waals surface area contributed by atoms with Crippen molar-refractivity contribution in [2.75, 3.05) is 5.43 Å². The molecule has 1 heterocycles. The van der Waals surface area contributed by atoms with Crippen LogP contribution >= 0.6 is 0 Å². The molecule has 0 saturated heterocycles. The van der Waals surface area contributed by atoms with Gasteiger partial charge in [0.2, 0.25) is 5.43 Å². The highest BCUT2D eigenvalue weighted by atomic mass is 19.1. The number of phenols is 2. The Balaban J connectivity index is 1.62. The van der Waals surface area contributed by atoms with Crippen LogP contribution < -0.4 is 16.3 Å². The van der Waals surface area contributed by atoms with Gasteiger partial charge in [-0.1, -0.05) is 24.3 Å². The molecule has 0 aliphatic carbocycles. The lowest BCUT2D eigenvalue weighted by Crippen LogP contribution is -2.27. The van der Waals surface area contributed by atoms with Crippen molar-refractivity contribution in [3.63, 3.8) is 0 Å². The van der Waals surface area contributed by atoms with Gasteiger partial charge >= 0.3 is 0 Å². The molecule has 9 nitrogen and oxygen atoms in total. The van der Waals surface area contributed by atoms with E-state index in [0.717, 1.165) is 6.07 Å². The number of benzene rings is 3. The van der Waals surface area contributed by atoms with E-state index in [9.17, 15) is 24.2 Å². The largest absolute Gasteiger partial charge is 0.507 e. The molecule has 10 heteroatoms. The molecular weight excluding hydrogens is 465 g/mol. The van der Waals surface area contributed by atoms with Crippen LogP contribution in [0.1, 0.15) is 28.4 Å². The molecule has 1 amide bonds. The van der Waals surface area contributed by atoms with Crippen molar-refractivity contribution in [3.8, 4) is 11.5 Å². The molecule has 0 atom stereocenters. The van der Waals surface area contributed by atoms with Gasteiger partial charge in [-0.15, -0.1) is 0 Å². The van der Waals surface area contributed by atoms with Crippen LogP contribution in [0, 0.1) is 5.82 Å². The van der Waals surface area contributed by atoms with E-state index in [2.05, 4.69) is 21.1 Å². The summed E-state index contributed by atoms with van der Waals surface area (Å²) in [5.41, 5.74) is 5.22. The van der Waals surface area contributed by atoms with Crippen LogP contribution in [0.5, 0.6) is 11.5 Å². The molecule has 0 bridgehead atoms. The summed E-state index contributed by atoms with van der Waals surface area (Å²) in [5.74, 6) is -1.51. The first-order valence-corrected chi connectivity index (χ1v) is 10.9. The number of rotatable bonds is 7. The normalized spacial score (nSPS) is 11.4. The second-order valence-corrected chi connectivity index (χ2v) is 7.69. The van der Waals surface area contributed by atoms with Crippen molar-refractivity contribution in [1.29, 1.82) is 0 Å². The van der Waals surface area contributed by atoms with Gasteiger partial charge in [0.25, 0.3) is 5.91 Å². The van der Waals surface area contributed by atoms with Crippen LogP contribution in [-0.2, 0) is 6.54 Å². The van der Waals surface area contributed by atoms with E-state index in [1.54, 1.807) is 41.0 Å². The Morgan fingerprint density at radius 1 is 1.00 bits per heavy atom. The summed E-state index contributed by atoms with van der Waals surface area (Å²) < 4.78 is 16.5. The number of fused-ring (bicyclic) bond motifs is 1. The highest BCUT2D eigenvalue weighted by Crippen LogP contribution is 2.22. The first-order chi connectivity index (χ1) is 17.4. The lowest BCUT2D eigenvalue weighted by Gasteiger charge is -2.13. The minimum absolute atomic E-state index is 0.0141. The van der Waals surface area contributed by atoms with E-state index in [1.807, 2.05) is 6.92 Å². The maximum absolute atomic E-state index is 14.8. The standard InChI is InChI=1S/C26H22FN5O4/c1-2-32-15-19(26(36)31-29-14-17-8-4-6-10-24(17)34)25(35)18-11-20(27)21(12-22(18)32)30-28-13-16-7-3-5-9-23(16)33/h3-15,30,33-34H,2H2,1H3,(H,31,36)/b28-13+,29-14+. The van der Waals surface area contributed by atoms with Crippen molar-refractivity contribution >= 4 is 34.9 Å². The molecule has 0 radical (unpaired) electrons. The van der Waals surface area contributed by atoms with E-state index in [-0.39, 0.29) is 28.1 Å². The molecule has 1 aromatic heterocycles. The molecule has 4 aromatic rings. The Morgan fingerprint density at radius 3 is 2.22 bits per heavy atom. The molecule has 0 saturated carbocycles. The summed E-state index contributed by atoms with van der Waals surface area (Å²) in [6.45, 7) is 2.21. The Kier molecular flexibility index (Phi) is 7.05. The molecule has 4 rings (SSSR count). The molecule has 0 aliphatic heterocycles. The number of carbonyl (C=O) groups is 1. The molecule has 0 spiro atoms. The van der Waals surface area contributed by atoms with Crippen LogP contribution in [0.4, 0.5) is 10.1 Å².